The van der Waals surface area contributed by atoms with Crippen molar-refractivity contribution in [3.05, 3.63) is 29.6 Å². The number of rotatable bonds is 3. The summed E-state index contributed by atoms with van der Waals surface area (Å²) >= 11 is 0. The van der Waals surface area contributed by atoms with E-state index in [1.54, 1.807) is 13.0 Å². The molecule has 76 valence electrons. The fourth-order valence-electron chi connectivity index (χ4n) is 0.908. The molecule has 0 spiro atoms. The van der Waals surface area contributed by atoms with Crippen LogP contribution < -0.4 is 16.0 Å². The number of nitrogens with two attached hydrogens (primary N) is 1. The molecule has 0 radical (unpaired) electrons. The third kappa shape index (κ3) is 2.70. The van der Waals surface area contributed by atoms with E-state index in [4.69, 9.17) is 10.6 Å². The molecule has 3 N–H and O–H groups in total. The molecular weight excluding hydrogens is 187 g/mol. The highest BCUT2D eigenvalue weighted by molar-refractivity contribution is 5.76. The SMILES string of the molecule is Cc1ccc(OCC(=O)NN)c(F)c1. The zero-order valence-corrected chi connectivity index (χ0v) is 7.71. The molecule has 14 heavy (non-hydrogen) atoms. The molecule has 0 saturated carbocycles. The fraction of sp³-hybridized carbons (Fsp3) is 0.222. The van der Waals surface area contributed by atoms with Crippen molar-refractivity contribution in [1.29, 1.82) is 0 Å². The minimum absolute atomic E-state index is 0.0409. The quantitative estimate of drug-likeness (QED) is 0.422. The Morgan fingerprint density at radius 2 is 2.36 bits per heavy atom. The van der Waals surface area contributed by atoms with E-state index in [1.165, 1.54) is 12.1 Å². The van der Waals surface area contributed by atoms with Gasteiger partial charge in [-0.1, -0.05) is 6.07 Å². The lowest BCUT2D eigenvalue weighted by Crippen LogP contribution is -2.34. The first-order valence-corrected chi connectivity index (χ1v) is 4.02. The number of nitrogens with one attached hydrogen (secondary N) is 1. The number of hydrogen-bond donors (Lipinski definition) is 2. The van der Waals surface area contributed by atoms with Gasteiger partial charge in [-0.05, 0) is 24.6 Å². The lowest BCUT2D eigenvalue weighted by atomic mass is 10.2. The maximum absolute atomic E-state index is 13.1. The van der Waals surface area contributed by atoms with Gasteiger partial charge in [-0.25, -0.2) is 10.2 Å². The molecule has 1 amide bonds. The summed E-state index contributed by atoms with van der Waals surface area (Å²) in [4.78, 5) is 10.7. The molecule has 0 aliphatic rings. The highest BCUT2D eigenvalue weighted by atomic mass is 19.1. The molecular formula is C9H11FN2O2. The van der Waals surface area contributed by atoms with E-state index in [0.29, 0.717) is 0 Å². The molecule has 0 bridgehead atoms. The molecule has 4 nitrogen and oxygen atoms in total. The molecule has 0 aromatic heterocycles. The van der Waals surface area contributed by atoms with Gasteiger partial charge < -0.3 is 4.74 Å². The third-order valence-corrected chi connectivity index (χ3v) is 1.61. The number of ether oxygens (including phenoxy) is 1. The maximum Gasteiger partial charge on any atom is 0.271 e. The summed E-state index contributed by atoms with van der Waals surface area (Å²) in [6, 6.07) is 4.49. The topological polar surface area (TPSA) is 64.3 Å². The molecule has 1 aromatic rings. The van der Waals surface area contributed by atoms with Crippen LogP contribution in [0.25, 0.3) is 0 Å². The number of benzene rings is 1. The van der Waals surface area contributed by atoms with Crippen LogP contribution in [-0.2, 0) is 4.79 Å². The van der Waals surface area contributed by atoms with Crippen molar-refractivity contribution in [2.45, 2.75) is 6.92 Å². The predicted molar refractivity (Wildman–Crippen MR) is 49.0 cm³/mol. The van der Waals surface area contributed by atoms with E-state index in [-0.39, 0.29) is 12.4 Å². The van der Waals surface area contributed by atoms with Gasteiger partial charge in [0.1, 0.15) is 0 Å². The Balaban J connectivity index is 2.63. The summed E-state index contributed by atoms with van der Waals surface area (Å²) in [5, 5.41) is 0. The van der Waals surface area contributed by atoms with E-state index in [0.717, 1.165) is 5.56 Å². The molecule has 0 aliphatic carbocycles. The first-order chi connectivity index (χ1) is 6.63. The number of amides is 1. The van der Waals surface area contributed by atoms with E-state index in [1.807, 2.05) is 5.43 Å². The second-order valence-corrected chi connectivity index (χ2v) is 2.79. The molecule has 0 fully saturated rings. The molecule has 5 heteroatoms. The number of aryl methyl sites for hydroxylation is 1. The van der Waals surface area contributed by atoms with Crippen molar-refractivity contribution in [3.63, 3.8) is 0 Å². The van der Waals surface area contributed by atoms with Crippen LogP contribution in [0.1, 0.15) is 5.56 Å². The number of hydrogen-bond acceptors (Lipinski definition) is 3. The molecule has 0 aliphatic heterocycles. The smallest absolute Gasteiger partial charge is 0.271 e. The highest BCUT2D eigenvalue weighted by Crippen LogP contribution is 2.17. The Hall–Kier alpha value is -1.62. The van der Waals surface area contributed by atoms with Crippen LogP contribution in [0.4, 0.5) is 4.39 Å². The van der Waals surface area contributed by atoms with Gasteiger partial charge in [0.25, 0.3) is 5.91 Å². The van der Waals surface area contributed by atoms with Crippen LogP contribution in [0.15, 0.2) is 18.2 Å². The largest absolute Gasteiger partial charge is 0.481 e. The summed E-state index contributed by atoms with van der Waals surface area (Å²) in [6.45, 7) is 1.47. The van der Waals surface area contributed by atoms with Crippen molar-refractivity contribution in [2.24, 2.45) is 5.84 Å². The van der Waals surface area contributed by atoms with Gasteiger partial charge in [-0.2, -0.15) is 0 Å². The van der Waals surface area contributed by atoms with Crippen LogP contribution in [0.3, 0.4) is 0 Å². The summed E-state index contributed by atoms with van der Waals surface area (Å²) in [5.74, 6) is 3.87. The third-order valence-electron chi connectivity index (χ3n) is 1.61. The molecule has 0 atom stereocenters. The highest BCUT2D eigenvalue weighted by Gasteiger charge is 2.05. The van der Waals surface area contributed by atoms with Crippen molar-refractivity contribution < 1.29 is 13.9 Å². The first-order valence-electron chi connectivity index (χ1n) is 4.02. The van der Waals surface area contributed by atoms with E-state index < -0.39 is 11.7 Å². The normalized spacial score (nSPS) is 9.64. The summed E-state index contributed by atoms with van der Waals surface area (Å²) in [7, 11) is 0. The lowest BCUT2D eigenvalue weighted by Gasteiger charge is -2.06. The molecule has 1 rings (SSSR count). The van der Waals surface area contributed by atoms with Crippen LogP contribution >= 0.6 is 0 Å². The van der Waals surface area contributed by atoms with Gasteiger partial charge in [0, 0.05) is 0 Å². The Morgan fingerprint density at radius 1 is 1.64 bits per heavy atom. The number of carbonyl (C=O) groups excluding carboxylic acids is 1. The standard InChI is InChI=1S/C9H11FN2O2/c1-6-2-3-8(7(10)4-6)14-5-9(13)12-11/h2-4H,5,11H2,1H3,(H,12,13). The second-order valence-electron chi connectivity index (χ2n) is 2.79. The monoisotopic (exact) mass is 198 g/mol. The minimum Gasteiger partial charge on any atom is -0.481 e. The summed E-state index contributed by atoms with van der Waals surface area (Å²) in [5.41, 5.74) is 2.67. The van der Waals surface area contributed by atoms with Crippen molar-refractivity contribution >= 4 is 5.91 Å². The second kappa shape index (κ2) is 4.57. The van der Waals surface area contributed by atoms with Crippen LogP contribution in [0.5, 0.6) is 5.75 Å². The molecule has 0 saturated heterocycles. The lowest BCUT2D eigenvalue weighted by molar-refractivity contribution is -0.123. The summed E-state index contributed by atoms with van der Waals surface area (Å²) < 4.78 is 18.0. The van der Waals surface area contributed by atoms with Crippen LogP contribution in [-0.4, -0.2) is 12.5 Å². The Labute approximate surface area is 80.8 Å². The van der Waals surface area contributed by atoms with Crippen LogP contribution in [0.2, 0.25) is 0 Å². The number of hydrazine groups is 1. The minimum atomic E-state index is -0.509. The van der Waals surface area contributed by atoms with Crippen LogP contribution in [0, 0.1) is 12.7 Å². The zero-order valence-electron chi connectivity index (χ0n) is 7.71. The van der Waals surface area contributed by atoms with Crippen molar-refractivity contribution in [3.8, 4) is 5.75 Å². The number of carbonyl (C=O) groups is 1. The van der Waals surface area contributed by atoms with E-state index >= 15 is 0 Å². The number of halogens is 1. The predicted octanol–water partition coefficient (Wildman–Crippen LogP) is 0.503. The average molecular weight is 198 g/mol. The van der Waals surface area contributed by atoms with Gasteiger partial charge in [-0.3, -0.25) is 10.2 Å². The first kappa shape index (κ1) is 10.5. The Bertz CT molecular complexity index is 342. The summed E-state index contributed by atoms with van der Waals surface area (Å²) in [6.07, 6.45) is 0. The fourth-order valence-corrected chi connectivity index (χ4v) is 0.908. The Kier molecular flexibility index (Phi) is 3.41. The van der Waals surface area contributed by atoms with Crippen molar-refractivity contribution in [1.82, 2.24) is 5.43 Å². The van der Waals surface area contributed by atoms with E-state index in [9.17, 15) is 9.18 Å². The average Bonchev–Trinajstić information content (AvgIpc) is 2.16. The molecule has 0 heterocycles. The van der Waals surface area contributed by atoms with E-state index in [2.05, 4.69) is 0 Å². The van der Waals surface area contributed by atoms with Gasteiger partial charge in [0.2, 0.25) is 0 Å². The maximum atomic E-state index is 13.1. The zero-order chi connectivity index (χ0) is 10.6. The van der Waals surface area contributed by atoms with Gasteiger partial charge in [0.05, 0.1) is 0 Å². The molecule has 0 unspecified atom stereocenters. The van der Waals surface area contributed by atoms with Crippen molar-refractivity contribution in [2.75, 3.05) is 6.61 Å². The van der Waals surface area contributed by atoms with Gasteiger partial charge in [-0.15, -0.1) is 0 Å². The molecule has 1 aromatic carbocycles. The van der Waals surface area contributed by atoms with Gasteiger partial charge in [0.15, 0.2) is 18.2 Å². The van der Waals surface area contributed by atoms with Gasteiger partial charge >= 0.3 is 0 Å². The Morgan fingerprint density at radius 3 is 2.93 bits per heavy atom.